The van der Waals surface area contributed by atoms with E-state index in [1.165, 1.54) is 17.6 Å². The second-order valence-corrected chi connectivity index (χ2v) is 4.90. The van der Waals surface area contributed by atoms with Crippen molar-refractivity contribution in [1.29, 1.82) is 0 Å². The number of rotatable bonds is 4. The summed E-state index contributed by atoms with van der Waals surface area (Å²) in [7, 11) is 0. The van der Waals surface area contributed by atoms with Crippen LogP contribution >= 0.6 is 0 Å². The highest BCUT2D eigenvalue weighted by molar-refractivity contribution is 6.08. The van der Waals surface area contributed by atoms with Gasteiger partial charge in [-0.25, -0.2) is 9.59 Å². The summed E-state index contributed by atoms with van der Waals surface area (Å²) >= 11 is 0. The van der Waals surface area contributed by atoms with E-state index in [1.54, 1.807) is 30.3 Å². The van der Waals surface area contributed by atoms with Crippen LogP contribution in [0.3, 0.4) is 0 Å². The van der Waals surface area contributed by atoms with Gasteiger partial charge in [0, 0.05) is 0 Å². The number of amides is 4. The van der Waals surface area contributed by atoms with Crippen molar-refractivity contribution in [2.45, 2.75) is 25.3 Å². The maximum Gasteiger partial charge on any atom is 0.440 e. The van der Waals surface area contributed by atoms with Gasteiger partial charge in [0.2, 0.25) is 0 Å². The van der Waals surface area contributed by atoms with Crippen molar-refractivity contribution in [3.63, 3.8) is 0 Å². The second-order valence-electron chi connectivity index (χ2n) is 4.90. The summed E-state index contributed by atoms with van der Waals surface area (Å²) in [4.78, 5) is 36.0. The first-order valence-corrected chi connectivity index (χ1v) is 6.91. The van der Waals surface area contributed by atoms with Crippen LogP contribution < -0.4 is 10.6 Å². The fourth-order valence-corrected chi connectivity index (χ4v) is 2.15. The SMILES string of the molecule is CCOC(=O)NC1(C(F)(F)F)NC(=O)N(Cc2ccccc2)C1=O. The number of hydrogen-bond donors (Lipinski definition) is 2. The summed E-state index contributed by atoms with van der Waals surface area (Å²) in [6.45, 7) is 0.820. The zero-order valence-corrected chi connectivity index (χ0v) is 12.5. The quantitative estimate of drug-likeness (QED) is 0.814. The molecule has 1 aromatic carbocycles. The summed E-state index contributed by atoms with van der Waals surface area (Å²) in [6.07, 6.45) is -6.72. The number of alkyl carbamates (subject to hydrolysis) is 1. The van der Waals surface area contributed by atoms with Gasteiger partial charge in [-0.15, -0.1) is 0 Å². The van der Waals surface area contributed by atoms with Crippen LogP contribution in [0.1, 0.15) is 12.5 Å². The van der Waals surface area contributed by atoms with Crippen molar-refractivity contribution >= 4 is 18.0 Å². The number of imide groups is 1. The van der Waals surface area contributed by atoms with Crippen LogP contribution in [0, 0.1) is 0 Å². The van der Waals surface area contributed by atoms with E-state index in [9.17, 15) is 27.6 Å². The molecule has 0 aromatic heterocycles. The van der Waals surface area contributed by atoms with Crippen LogP contribution in [0.25, 0.3) is 0 Å². The summed E-state index contributed by atoms with van der Waals surface area (Å²) in [5.41, 5.74) is -3.10. The molecule has 0 aliphatic carbocycles. The third-order valence-electron chi connectivity index (χ3n) is 3.28. The summed E-state index contributed by atoms with van der Waals surface area (Å²) < 4.78 is 44.6. The van der Waals surface area contributed by atoms with E-state index in [0.717, 1.165) is 0 Å². The number of hydrogen-bond acceptors (Lipinski definition) is 4. The van der Waals surface area contributed by atoms with Crippen molar-refractivity contribution < 1.29 is 32.3 Å². The molecule has 1 aromatic rings. The average molecular weight is 345 g/mol. The Hall–Kier alpha value is -2.78. The first-order valence-electron chi connectivity index (χ1n) is 6.91. The van der Waals surface area contributed by atoms with E-state index < -0.39 is 29.9 Å². The number of nitrogens with zero attached hydrogens (tertiary/aromatic N) is 1. The lowest BCUT2D eigenvalue weighted by atomic mass is 10.1. The summed E-state index contributed by atoms with van der Waals surface area (Å²) in [6, 6.07) is 6.74. The molecule has 1 fully saturated rings. The van der Waals surface area contributed by atoms with Gasteiger partial charge in [0.1, 0.15) is 0 Å². The predicted molar refractivity (Wildman–Crippen MR) is 74.5 cm³/mol. The van der Waals surface area contributed by atoms with E-state index >= 15 is 0 Å². The van der Waals surface area contributed by atoms with Crippen LogP contribution in [-0.4, -0.2) is 41.4 Å². The first-order chi connectivity index (χ1) is 11.2. The van der Waals surface area contributed by atoms with Gasteiger partial charge >= 0.3 is 18.3 Å². The molecule has 0 saturated carbocycles. The number of benzene rings is 1. The predicted octanol–water partition coefficient (Wildman–Crippen LogP) is 1.74. The molecule has 0 spiro atoms. The molecule has 2 rings (SSSR count). The molecule has 0 bridgehead atoms. The Morgan fingerprint density at radius 1 is 1.29 bits per heavy atom. The summed E-state index contributed by atoms with van der Waals surface area (Å²) in [5.74, 6) is -1.63. The molecule has 1 aliphatic rings. The van der Waals surface area contributed by atoms with E-state index in [0.29, 0.717) is 10.5 Å². The minimum atomic E-state index is -5.25. The normalized spacial score (nSPS) is 20.8. The lowest BCUT2D eigenvalue weighted by Gasteiger charge is -2.29. The third kappa shape index (κ3) is 3.12. The van der Waals surface area contributed by atoms with Crippen molar-refractivity contribution in [3.8, 4) is 0 Å². The number of carbonyl (C=O) groups is 3. The molecule has 0 radical (unpaired) electrons. The Labute approximate surface area is 134 Å². The molecule has 1 unspecified atom stereocenters. The van der Waals surface area contributed by atoms with E-state index in [1.807, 2.05) is 0 Å². The molecule has 4 amide bonds. The highest BCUT2D eigenvalue weighted by Gasteiger charge is 2.69. The number of ether oxygens (including phenoxy) is 1. The zero-order chi connectivity index (χ0) is 18.0. The third-order valence-corrected chi connectivity index (χ3v) is 3.28. The Morgan fingerprint density at radius 3 is 2.46 bits per heavy atom. The highest BCUT2D eigenvalue weighted by atomic mass is 19.4. The minimum Gasteiger partial charge on any atom is -0.450 e. The van der Waals surface area contributed by atoms with Crippen molar-refractivity contribution in [1.82, 2.24) is 15.5 Å². The first kappa shape index (κ1) is 17.6. The number of urea groups is 1. The topological polar surface area (TPSA) is 87.7 Å². The Balaban J connectivity index is 2.31. The highest BCUT2D eigenvalue weighted by Crippen LogP contribution is 2.34. The molecule has 10 heteroatoms. The van der Waals surface area contributed by atoms with Gasteiger partial charge in [0.15, 0.2) is 0 Å². The molecular weight excluding hydrogens is 331 g/mol. The Morgan fingerprint density at radius 2 is 1.92 bits per heavy atom. The van der Waals surface area contributed by atoms with Gasteiger partial charge in [-0.1, -0.05) is 30.3 Å². The largest absolute Gasteiger partial charge is 0.450 e. The maximum atomic E-state index is 13.4. The van der Waals surface area contributed by atoms with Crippen molar-refractivity contribution in [3.05, 3.63) is 35.9 Å². The van der Waals surface area contributed by atoms with Crippen LogP contribution in [0.5, 0.6) is 0 Å². The smallest absolute Gasteiger partial charge is 0.440 e. The molecule has 7 nitrogen and oxygen atoms in total. The Bertz CT molecular complexity index is 650. The van der Waals surface area contributed by atoms with Gasteiger partial charge < -0.3 is 4.74 Å². The van der Waals surface area contributed by atoms with Crippen molar-refractivity contribution in [2.75, 3.05) is 6.61 Å². The standard InChI is InChI=1S/C14H14F3N3O4/c1-2-24-12(23)19-13(14(15,16)17)10(21)20(11(22)18-13)8-9-6-4-3-5-7-9/h3-7H,2,8H2,1H3,(H,18,22)(H,19,23). The zero-order valence-electron chi connectivity index (χ0n) is 12.5. The number of carbonyl (C=O) groups excluding carboxylic acids is 3. The second kappa shape index (κ2) is 6.38. The average Bonchev–Trinajstić information content (AvgIpc) is 2.73. The Kier molecular flexibility index (Phi) is 4.67. The number of halogens is 3. The van der Waals surface area contributed by atoms with Gasteiger partial charge in [-0.2, -0.15) is 13.2 Å². The number of nitrogens with one attached hydrogen (secondary N) is 2. The van der Waals surface area contributed by atoms with E-state index in [-0.39, 0.29) is 13.2 Å². The van der Waals surface area contributed by atoms with Gasteiger partial charge in [-0.3, -0.25) is 20.3 Å². The van der Waals surface area contributed by atoms with Gasteiger partial charge in [-0.05, 0) is 12.5 Å². The lowest BCUT2D eigenvalue weighted by molar-refractivity contribution is -0.201. The fraction of sp³-hybridized carbons (Fsp3) is 0.357. The molecule has 1 heterocycles. The van der Waals surface area contributed by atoms with Gasteiger partial charge in [0.05, 0.1) is 13.2 Å². The molecular formula is C14H14F3N3O4. The van der Waals surface area contributed by atoms with Crippen molar-refractivity contribution in [2.24, 2.45) is 0 Å². The van der Waals surface area contributed by atoms with Crippen LogP contribution in [0.15, 0.2) is 30.3 Å². The molecule has 130 valence electrons. The van der Waals surface area contributed by atoms with Crippen LogP contribution in [0.4, 0.5) is 22.8 Å². The van der Waals surface area contributed by atoms with E-state index in [4.69, 9.17) is 0 Å². The van der Waals surface area contributed by atoms with E-state index in [2.05, 4.69) is 4.74 Å². The molecule has 1 atom stereocenters. The molecule has 24 heavy (non-hydrogen) atoms. The maximum absolute atomic E-state index is 13.4. The fourth-order valence-electron chi connectivity index (χ4n) is 2.15. The van der Waals surface area contributed by atoms with Gasteiger partial charge in [0.25, 0.3) is 11.6 Å². The molecule has 2 N–H and O–H groups in total. The molecule has 1 aliphatic heterocycles. The summed E-state index contributed by atoms with van der Waals surface area (Å²) in [5, 5.41) is 2.94. The molecule has 1 saturated heterocycles. The number of alkyl halides is 3. The minimum absolute atomic E-state index is 0.199. The monoisotopic (exact) mass is 345 g/mol. The van der Waals surface area contributed by atoms with Crippen LogP contribution in [0.2, 0.25) is 0 Å². The lowest BCUT2D eigenvalue weighted by Crippen LogP contribution is -2.69. The van der Waals surface area contributed by atoms with Crippen LogP contribution in [-0.2, 0) is 16.1 Å².